The van der Waals surface area contributed by atoms with E-state index in [1.165, 1.54) is 0 Å². The van der Waals surface area contributed by atoms with Crippen molar-refractivity contribution in [3.63, 3.8) is 0 Å². The summed E-state index contributed by atoms with van der Waals surface area (Å²) in [5.41, 5.74) is 4.42. The topological polar surface area (TPSA) is 56.6 Å². The van der Waals surface area contributed by atoms with E-state index in [-0.39, 0.29) is 11.0 Å². The summed E-state index contributed by atoms with van der Waals surface area (Å²) in [6.07, 6.45) is 0.824. The Bertz CT molecular complexity index is 1010. The summed E-state index contributed by atoms with van der Waals surface area (Å²) in [7, 11) is 0. The standard InChI is InChI=1S/C21H20N2O/c1-14-9-17-7-8-18(11-19(17)23-20(14)24)21(2,3)12-15-5-4-6-16(10-15)13-22/h4-11H,12H2,1-3H3,(H,23,24). The van der Waals surface area contributed by atoms with Crippen LogP contribution in [-0.2, 0) is 11.8 Å². The van der Waals surface area contributed by atoms with Crippen LogP contribution in [0, 0.1) is 18.3 Å². The average molecular weight is 316 g/mol. The van der Waals surface area contributed by atoms with Crippen molar-refractivity contribution in [2.45, 2.75) is 32.6 Å². The minimum Gasteiger partial charge on any atom is -0.322 e. The number of fused-ring (bicyclic) bond motifs is 1. The van der Waals surface area contributed by atoms with Crippen LogP contribution in [0.25, 0.3) is 10.9 Å². The second-order valence-corrected chi connectivity index (χ2v) is 6.96. The van der Waals surface area contributed by atoms with E-state index >= 15 is 0 Å². The number of H-pyrrole nitrogens is 1. The lowest BCUT2D eigenvalue weighted by Crippen LogP contribution is -2.21. The Morgan fingerprint density at radius 3 is 2.67 bits per heavy atom. The fourth-order valence-electron chi connectivity index (χ4n) is 3.09. The molecule has 3 rings (SSSR count). The molecule has 0 atom stereocenters. The Morgan fingerprint density at radius 1 is 1.12 bits per heavy atom. The zero-order valence-electron chi connectivity index (χ0n) is 14.2. The third kappa shape index (κ3) is 3.09. The number of rotatable bonds is 3. The van der Waals surface area contributed by atoms with Gasteiger partial charge < -0.3 is 4.98 Å². The van der Waals surface area contributed by atoms with Crippen molar-refractivity contribution in [2.75, 3.05) is 0 Å². The summed E-state index contributed by atoms with van der Waals surface area (Å²) in [6.45, 7) is 6.18. The first-order valence-corrected chi connectivity index (χ1v) is 8.02. The molecule has 120 valence electrons. The SMILES string of the molecule is Cc1cc2ccc(C(C)(C)Cc3cccc(C#N)c3)cc2[nH]c1=O. The van der Waals surface area contributed by atoms with Crippen LogP contribution in [0.2, 0.25) is 0 Å². The molecule has 1 heterocycles. The zero-order chi connectivity index (χ0) is 17.3. The molecule has 0 unspecified atom stereocenters. The van der Waals surface area contributed by atoms with Gasteiger partial charge >= 0.3 is 0 Å². The molecule has 0 spiro atoms. The Balaban J connectivity index is 1.99. The maximum Gasteiger partial charge on any atom is 0.251 e. The molecular weight excluding hydrogens is 296 g/mol. The van der Waals surface area contributed by atoms with Gasteiger partial charge in [-0.25, -0.2) is 0 Å². The molecule has 0 aliphatic rings. The van der Waals surface area contributed by atoms with Gasteiger partial charge in [0.15, 0.2) is 0 Å². The molecule has 0 bridgehead atoms. The van der Waals surface area contributed by atoms with Crippen LogP contribution in [0.5, 0.6) is 0 Å². The average Bonchev–Trinajstić information content (AvgIpc) is 2.55. The van der Waals surface area contributed by atoms with Crippen LogP contribution in [0.15, 0.2) is 53.3 Å². The summed E-state index contributed by atoms with van der Waals surface area (Å²) in [5, 5.41) is 10.1. The zero-order valence-corrected chi connectivity index (χ0v) is 14.2. The summed E-state index contributed by atoms with van der Waals surface area (Å²) in [4.78, 5) is 14.8. The summed E-state index contributed by atoms with van der Waals surface area (Å²) in [5.74, 6) is 0. The highest BCUT2D eigenvalue weighted by Crippen LogP contribution is 2.29. The Labute approximate surface area is 141 Å². The molecule has 0 fully saturated rings. The van der Waals surface area contributed by atoms with E-state index in [4.69, 9.17) is 5.26 Å². The van der Waals surface area contributed by atoms with Gasteiger partial charge in [-0.1, -0.05) is 38.1 Å². The van der Waals surface area contributed by atoms with Crippen LogP contribution >= 0.6 is 0 Å². The summed E-state index contributed by atoms with van der Waals surface area (Å²) < 4.78 is 0. The molecule has 0 amide bonds. The minimum atomic E-state index is -0.107. The maximum absolute atomic E-state index is 11.9. The number of nitrogens with one attached hydrogen (secondary N) is 1. The van der Waals surface area contributed by atoms with Crippen LogP contribution in [0.3, 0.4) is 0 Å². The van der Waals surface area contributed by atoms with Crippen LogP contribution in [-0.4, -0.2) is 4.98 Å². The molecule has 2 aromatic carbocycles. The van der Waals surface area contributed by atoms with Gasteiger partial charge in [-0.2, -0.15) is 5.26 Å². The van der Waals surface area contributed by atoms with Crippen LogP contribution < -0.4 is 5.56 Å². The van der Waals surface area contributed by atoms with Gasteiger partial charge in [0, 0.05) is 11.1 Å². The van der Waals surface area contributed by atoms with E-state index < -0.39 is 0 Å². The molecule has 0 aliphatic carbocycles. The van der Waals surface area contributed by atoms with Crippen molar-refractivity contribution in [3.8, 4) is 6.07 Å². The minimum absolute atomic E-state index is 0.0424. The first kappa shape index (κ1) is 16.0. The highest BCUT2D eigenvalue weighted by atomic mass is 16.1. The highest BCUT2D eigenvalue weighted by Gasteiger charge is 2.22. The van der Waals surface area contributed by atoms with Crippen LogP contribution in [0.4, 0.5) is 0 Å². The predicted octanol–water partition coefficient (Wildman–Crippen LogP) is 4.23. The Morgan fingerprint density at radius 2 is 1.92 bits per heavy atom. The fourth-order valence-corrected chi connectivity index (χ4v) is 3.09. The number of pyridine rings is 1. The number of aryl methyl sites for hydroxylation is 1. The van der Waals surface area contributed by atoms with Crippen molar-refractivity contribution in [2.24, 2.45) is 0 Å². The molecule has 0 saturated heterocycles. The van der Waals surface area contributed by atoms with E-state index in [2.05, 4.69) is 49.2 Å². The number of hydrogen-bond acceptors (Lipinski definition) is 2. The van der Waals surface area contributed by atoms with E-state index in [1.807, 2.05) is 31.2 Å². The Hall–Kier alpha value is -2.86. The van der Waals surface area contributed by atoms with E-state index in [0.29, 0.717) is 5.56 Å². The third-order valence-corrected chi connectivity index (χ3v) is 4.52. The van der Waals surface area contributed by atoms with E-state index in [9.17, 15) is 4.79 Å². The summed E-state index contributed by atoms with van der Waals surface area (Å²) in [6, 6.07) is 18.1. The van der Waals surface area contributed by atoms with Crippen molar-refractivity contribution in [1.29, 1.82) is 5.26 Å². The fraction of sp³-hybridized carbons (Fsp3) is 0.238. The highest BCUT2D eigenvalue weighted by molar-refractivity contribution is 5.79. The smallest absolute Gasteiger partial charge is 0.251 e. The molecule has 1 N–H and O–H groups in total. The second kappa shape index (κ2) is 5.98. The number of benzene rings is 2. The van der Waals surface area contributed by atoms with Crippen molar-refractivity contribution in [3.05, 3.63) is 81.1 Å². The quantitative estimate of drug-likeness (QED) is 0.786. The number of hydrogen-bond donors (Lipinski definition) is 1. The monoisotopic (exact) mass is 316 g/mol. The molecule has 3 heteroatoms. The van der Waals surface area contributed by atoms with Gasteiger partial charge in [0.2, 0.25) is 0 Å². The van der Waals surface area contributed by atoms with Crippen molar-refractivity contribution >= 4 is 10.9 Å². The van der Waals surface area contributed by atoms with E-state index in [0.717, 1.165) is 34.0 Å². The van der Waals surface area contributed by atoms with Crippen molar-refractivity contribution < 1.29 is 0 Å². The largest absolute Gasteiger partial charge is 0.322 e. The first-order chi connectivity index (χ1) is 11.4. The molecule has 3 aromatic rings. The van der Waals surface area contributed by atoms with Gasteiger partial charge in [0.05, 0.1) is 11.6 Å². The lowest BCUT2D eigenvalue weighted by Gasteiger charge is -2.26. The normalized spacial score (nSPS) is 11.4. The molecule has 0 saturated carbocycles. The number of aromatic amines is 1. The van der Waals surface area contributed by atoms with Gasteiger partial charge in [-0.05, 0) is 59.5 Å². The Kier molecular flexibility index (Phi) is 3.99. The molecular formula is C21H20N2O. The third-order valence-electron chi connectivity index (χ3n) is 4.52. The van der Waals surface area contributed by atoms with Gasteiger partial charge in [0.25, 0.3) is 5.56 Å². The first-order valence-electron chi connectivity index (χ1n) is 8.02. The van der Waals surface area contributed by atoms with Crippen molar-refractivity contribution in [1.82, 2.24) is 4.98 Å². The van der Waals surface area contributed by atoms with Gasteiger partial charge in [-0.15, -0.1) is 0 Å². The van der Waals surface area contributed by atoms with E-state index in [1.54, 1.807) is 0 Å². The molecule has 0 aliphatic heterocycles. The van der Waals surface area contributed by atoms with Gasteiger partial charge in [0.1, 0.15) is 0 Å². The lowest BCUT2D eigenvalue weighted by molar-refractivity contribution is 0.523. The number of aromatic nitrogens is 1. The molecule has 24 heavy (non-hydrogen) atoms. The summed E-state index contributed by atoms with van der Waals surface area (Å²) >= 11 is 0. The molecule has 1 aromatic heterocycles. The molecule has 0 radical (unpaired) electrons. The maximum atomic E-state index is 11.9. The van der Waals surface area contributed by atoms with Gasteiger partial charge in [-0.3, -0.25) is 4.79 Å². The van der Waals surface area contributed by atoms with Crippen LogP contribution in [0.1, 0.15) is 36.1 Å². The molecule has 3 nitrogen and oxygen atoms in total. The second-order valence-electron chi connectivity index (χ2n) is 6.96. The predicted molar refractivity (Wildman–Crippen MR) is 97.2 cm³/mol. The lowest BCUT2D eigenvalue weighted by atomic mass is 9.78. The number of nitriles is 1. The number of nitrogens with zero attached hydrogens (tertiary/aromatic N) is 1.